The van der Waals surface area contributed by atoms with E-state index in [9.17, 15) is 0 Å². The van der Waals surface area contributed by atoms with Crippen molar-refractivity contribution in [3.05, 3.63) is 7.43 Å². The molecule has 80 valence electrons. The Kier molecular flexibility index (Phi) is 47.7. The van der Waals surface area contributed by atoms with Crippen molar-refractivity contribution in [3.8, 4) is 0 Å². The molecule has 14 heavy (non-hydrogen) atoms. The molecule has 0 aromatic heterocycles. The molecule has 0 aliphatic carbocycles. The Labute approximate surface area is 77.6 Å². The van der Waals surface area contributed by atoms with Gasteiger partial charge in [-0.05, 0) is 12.3 Å². The quantitative estimate of drug-likeness (QED) is 0.390. The van der Waals surface area contributed by atoms with Gasteiger partial charge in [0.2, 0.25) is 0 Å². The van der Waals surface area contributed by atoms with E-state index < -0.39 is 18.5 Å². The number of carboxylic acid groups (broad SMARTS) is 6. The van der Waals surface area contributed by atoms with Gasteiger partial charge in [0.25, 0.3) is 0 Å². The average Bonchev–Trinajstić information content (AvgIpc) is 1.54. The van der Waals surface area contributed by atoms with Crippen LogP contribution in [-0.4, -0.2) is 34.2 Å². The first kappa shape index (κ1) is 29.8. The van der Waals surface area contributed by atoms with E-state index in [4.69, 9.17) is 45.0 Å². The summed E-state index contributed by atoms with van der Waals surface area (Å²) in [6, 6.07) is 0. The average molecular weight is 212 g/mol. The van der Waals surface area contributed by atoms with Crippen LogP contribution in [0.15, 0.2) is 0 Å². The first-order chi connectivity index (χ1) is 5.20. The summed E-state index contributed by atoms with van der Waals surface area (Å²) in [5.74, 6) is 0. The third kappa shape index (κ3) is 151. The molecule has 0 saturated heterocycles. The predicted octanol–water partition coefficient (Wildman–Crippen LogP) is -5.42. The van der Waals surface area contributed by atoms with Crippen LogP contribution in [0.1, 0.15) is 0 Å². The van der Waals surface area contributed by atoms with Gasteiger partial charge in [0.05, 0.1) is 0 Å². The van der Waals surface area contributed by atoms with Crippen LogP contribution in [0.25, 0.3) is 0 Å². The maximum atomic E-state index is 8.56. The van der Waals surface area contributed by atoms with E-state index in [2.05, 4.69) is 0 Å². The molecule has 0 aliphatic heterocycles. The van der Waals surface area contributed by atoms with Crippen molar-refractivity contribution in [2.75, 3.05) is 0 Å². The first-order valence-corrected chi connectivity index (χ1v) is 1.88. The van der Waals surface area contributed by atoms with Crippen molar-refractivity contribution in [2.24, 2.45) is 0 Å². The second-order valence-electron chi connectivity index (χ2n) is 0.783. The normalized spacial score (nSPS) is 5.14. The van der Waals surface area contributed by atoms with Gasteiger partial charge in [-0.25, -0.2) is 4.79 Å². The van der Waals surface area contributed by atoms with Gasteiger partial charge in [-0.15, -0.1) is 0 Å². The zero-order valence-corrected chi connectivity index (χ0v) is 6.25. The number of hydrogen-bond acceptors (Lipinski definition) is 7. The molecule has 4 N–H and O–H groups in total. The second-order valence-corrected chi connectivity index (χ2v) is 0.783. The van der Waals surface area contributed by atoms with Gasteiger partial charge < -0.3 is 45.7 Å². The summed E-state index contributed by atoms with van der Waals surface area (Å²) >= 11 is 0. The van der Waals surface area contributed by atoms with Gasteiger partial charge in [0.15, 0.2) is 0 Å². The van der Waals surface area contributed by atoms with E-state index in [1.54, 1.807) is 0 Å². The Morgan fingerprint density at radius 2 is 0.786 bits per heavy atom. The summed E-state index contributed by atoms with van der Waals surface area (Å²) < 4.78 is 0. The molecule has 0 saturated carbocycles. The summed E-state index contributed by atoms with van der Waals surface area (Å²) in [6.07, 6.45) is -6.50. The molecule has 0 amide bonds. The maximum Gasteiger partial charge on any atom is 4.00 e. The fraction of sp³-hybridized carbons (Fsp3) is 0. The van der Waals surface area contributed by atoms with Crippen LogP contribution in [0.3, 0.4) is 0 Å². The van der Waals surface area contributed by atoms with Crippen molar-refractivity contribution >= 4 is 18.5 Å². The van der Waals surface area contributed by atoms with Crippen molar-refractivity contribution in [3.63, 3.8) is 0 Å². The summed E-state index contributed by atoms with van der Waals surface area (Å²) in [6.45, 7) is 0. The van der Waals surface area contributed by atoms with Crippen molar-refractivity contribution in [1.29, 1.82) is 0 Å². The number of carbonyl (C=O) groups is 3. The largest absolute Gasteiger partial charge is 4.00 e. The minimum absolute atomic E-state index is 0. The molecule has 0 aromatic carbocycles. The smallest absolute Gasteiger partial charge is 0.652 e. The zero-order valence-electron chi connectivity index (χ0n) is 6.25. The Balaban J connectivity index is -0.0000000270. The third-order valence-electron chi connectivity index (χ3n) is 0. The van der Waals surface area contributed by atoms with Gasteiger partial charge in [-0.2, -0.15) is 0 Å². The van der Waals surface area contributed by atoms with Crippen molar-refractivity contribution < 1.29 is 50.5 Å². The van der Waals surface area contributed by atoms with Crippen LogP contribution in [-0.2, 0) is 0 Å². The summed E-state index contributed by atoms with van der Waals surface area (Å²) in [4.78, 5) is 25.2. The Morgan fingerprint density at radius 3 is 0.786 bits per heavy atom. The van der Waals surface area contributed by atoms with Crippen LogP contribution in [0, 0.1) is 7.43 Å². The topological polar surface area (TPSA) is 215 Å². The van der Waals surface area contributed by atoms with Gasteiger partial charge in [0.1, 0.15) is 0 Å². The number of hydrogen-bond donors (Lipinski definition) is 2. The van der Waals surface area contributed by atoms with E-state index in [1.807, 2.05) is 0 Å². The Hall–Kier alpha value is -2.23. The van der Waals surface area contributed by atoms with E-state index in [0.717, 1.165) is 0 Å². The van der Waals surface area contributed by atoms with E-state index in [1.165, 1.54) is 0 Å². The maximum absolute atomic E-state index is 8.56. The Bertz CT molecular complexity index is 110. The molecule has 0 aliphatic rings. The molecule has 0 radical (unpaired) electrons. The van der Waals surface area contributed by atoms with Crippen LogP contribution >= 0.6 is 0 Å². The molecular formula is C4H4O10. The monoisotopic (exact) mass is 212 g/mol. The zero-order chi connectivity index (χ0) is 10.7. The Morgan fingerprint density at radius 1 is 0.786 bits per heavy atom. The fourth-order valence-electron chi connectivity index (χ4n) is 0. The molecule has 0 aromatic rings. The van der Waals surface area contributed by atoms with Crippen LogP contribution in [0.4, 0.5) is 14.4 Å². The molecule has 0 unspecified atom stereocenters. The van der Waals surface area contributed by atoms with E-state index in [-0.39, 0.29) is 12.9 Å². The van der Waals surface area contributed by atoms with Crippen molar-refractivity contribution in [2.45, 2.75) is 0 Å². The molecular weight excluding hydrogens is 208 g/mol. The number of rotatable bonds is 0. The van der Waals surface area contributed by atoms with Gasteiger partial charge >= 0.3 is 13.6 Å². The first-order valence-electron chi connectivity index (χ1n) is 1.88. The van der Waals surface area contributed by atoms with E-state index in [0.29, 0.717) is 0 Å². The molecule has 0 rings (SSSR count). The van der Waals surface area contributed by atoms with Crippen LogP contribution < -0.4 is 20.4 Å². The molecule has 10 nitrogen and oxygen atoms in total. The minimum Gasteiger partial charge on any atom is -0.652 e. The molecule has 0 atom stereocenters. The molecule has 0 fully saturated rings. The van der Waals surface area contributed by atoms with Gasteiger partial charge in [0, 0.05) is 0 Å². The van der Waals surface area contributed by atoms with E-state index >= 15 is 0 Å². The third-order valence-corrected chi connectivity index (χ3v) is 0. The summed E-state index contributed by atoms with van der Waals surface area (Å²) in [7, 11) is 0. The van der Waals surface area contributed by atoms with Crippen LogP contribution in [0.2, 0.25) is 0 Å². The molecule has 0 bridgehead atoms. The van der Waals surface area contributed by atoms with Crippen molar-refractivity contribution in [1.82, 2.24) is 0 Å². The van der Waals surface area contributed by atoms with Crippen LogP contribution in [0.5, 0.6) is 0 Å². The molecule has 10 heteroatoms. The fourth-order valence-corrected chi connectivity index (χ4v) is 0. The van der Waals surface area contributed by atoms with Gasteiger partial charge in [-0.1, -0.05) is 0 Å². The standard InChI is InChI=1S/3CH2O3.C.H2O/c3*2-1(3)4;;/h3*(H2,2,3,4);;1H2/q;;;+4;/p-4. The second kappa shape index (κ2) is 22.4. The molecule has 0 heterocycles. The number of carbonyl (C=O) groups excluding carboxylic acids is 2. The van der Waals surface area contributed by atoms with Gasteiger partial charge in [-0.3, -0.25) is 0 Å². The summed E-state index contributed by atoms with van der Waals surface area (Å²) in [5.41, 5.74) is 0. The SMILES string of the molecule is O.O=C(O)O.O=C([O-])[O-].O=C([O-])[O-].[C+4]. The summed E-state index contributed by atoms with van der Waals surface area (Å²) in [5, 5.41) is 47.3. The predicted molar refractivity (Wildman–Crippen MR) is 28.3 cm³/mol. The minimum atomic E-state index is -2.33. The molecule has 0 spiro atoms.